The lowest BCUT2D eigenvalue weighted by Gasteiger charge is -2.31. The minimum Gasteiger partial charge on any atom is -0.455 e. The Balaban J connectivity index is 4.23. The Morgan fingerprint density at radius 3 is 1.79 bits per heavy atom. The molecule has 0 aliphatic heterocycles. The standard InChI is InChI=1S/C18H36O5Si/c1-6-8-9-10-11-12-13-14-15-16-18(23-17(19)7-2)24(20-3,21-4)22-5/h7,18H,2,6,8-16H2,1,3-5H3. The van der Waals surface area contributed by atoms with Gasteiger partial charge in [0.15, 0.2) is 5.73 Å². The highest BCUT2D eigenvalue weighted by molar-refractivity contribution is 6.62. The molecule has 0 radical (unpaired) electrons. The van der Waals surface area contributed by atoms with Crippen molar-refractivity contribution in [3.63, 3.8) is 0 Å². The van der Waals surface area contributed by atoms with Crippen LogP contribution in [0.4, 0.5) is 0 Å². The first-order valence-electron chi connectivity index (χ1n) is 9.08. The summed E-state index contributed by atoms with van der Waals surface area (Å²) in [6, 6.07) is 0. The Hall–Kier alpha value is -0.693. The molecule has 0 heterocycles. The number of hydrogen-bond donors (Lipinski definition) is 0. The first kappa shape index (κ1) is 23.3. The topological polar surface area (TPSA) is 54.0 Å². The second kappa shape index (κ2) is 14.6. The van der Waals surface area contributed by atoms with Crippen molar-refractivity contribution in [1.82, 2.24) is 0 Å². The Kier molecular flexibility index (Phi) is 14.2. The van der Waals surface area contributed by atoms with Gasteiger partial charge in [0.1, 0.15) is 0 Å². The van der Waals surface area contributed by atoms with Crippen LogP contribution in [0.1, 0.15) is 71.1 Å². The molecular formula is C18H36O5Si. The van der Waals surface area contributed by atoms with E-state index in [1.54, 1.807) is 0 Å². The van der Waals surface area contributed by atoms with Crippen molar-refractivity contribution in [3.05, 3.63) is 12.7 Å². The van der Waals surface area contributed by atoms with Crippen LogP contribution in [0.25, 0.3) is 0 Å². The first-order valence-corrected chi connectivity index (χ1v) is 10.9. The minimum atomic E-state index is -3.01. The molecule has 1 atom stereocenters. The van der Waals surface area contributed by atoms with Gasteiger partial charge in [-0.15, -0.1) is 0 Å². The van der Waals surface area contributed by atoms with Crippen molar-refractivity contribution in [1.29, 1.82) is 0 Å². The molecule has 1 unspecified atom stereocenters. The van der Waals surface area contributed by atoms with Gasteiger partial charge in [0.05, 0.1) is 0 Å². The lowest BCUT2D eigenvalue weighted by molar-refractivity contribution is -0.142. The van der Waals surface area contributed by atoms with Gasteiger partial charge in [0.2, 0.25) is 0 Å². The van der Waals surface area contributed by atoms with Gasteiger partial charge in [-0.2, -0.15) is 0 Å². The molecule has 0 aromatic rings. The van der Waals surface area contributed by atoms with Crippen LogP contribution in [-0.4, -0.2) is 41.8 Å². The molecule has 5 nitrogen and oxygen atoms in total. The van der Waals surface area contributed by atoms with Crippen molar-refractivity contribution in [2.45, 2.75) is 76.9 Å². The van der Waals surface area contributed by atoms with E-state index in [2.05, 4.69) is 13.5 Å². The maximum absolute atomic E-state index is 11.6. The average Bonchev–Trinajstić information content (AvgIpc) is 2.61. The predicted octanol–water partition coefficient (Wildman–Crippen LogP) is 4.42. The molecule has 0 bridgehead atoms. The molecule has 6 heteroatoms. The molecule has 0 fully saturated rings. The fourth-order valence-electron chi connectivity index (χ4n) is 2.78. The summed E-state index contributed by atoms with van der Waals surface area (Å²) in [7, 11) is 1.59. The van der Waals surface area contributed by atoms with Crippen LogP contribution in [0.5, 0.6) is 0 Å². The highest BCUT2D eigenvalue weighted by atomic mass is 28.4. The monoisotopic (exact) mass is 360 g/mol. The van der Waals surface area contributed by atoms with Gasteiger partial charge in [-0.1, -0.05) is 64.9 Å². The summed E-state index contributed by atoms with van der Waals surface area (Å²) in [5.41, 5.74) is -0.493. The zero-order valence-electron chi connectivity index (χ0n) is 16.0. The summed E-state index contributed by atoms with van der Waals surface area (Å²) in [4.78, 5) is 11.6. The number of carbonyl (C=O) groups excluding carboxylic acids is 1. The van der Waals surface area contributed by atoms with Crippen LogP contribution >= 0.6 is 0 Å². The normalized spacial score (nSPS) is 12.8. The fourth-order valence-corrected chi connectivity index (χ4v) is 4.89. The van der Waals surface area contributed by atoms with Crippen molar-refractivity contribution < 1.29 is 22.8 Å². The molecule has 0 aromatic heterocycles. The molecule has 0 aromatic carbocycles. The summed E-state index contributed by atoms with van der Waals surface area (Å²) in [5, 5.41) is 0. The predicted molar refractivity (Wildman–Crippen MR) is 98.7 cm³/mol. The van der Waals surface area contributed by atoms with Gasteiger partial charge < -0.3 is 18.0 Å². The smallest absolute Gasteiger partial charge is 0.455 e. The largest absolute Gasteiger partial charge is 0.543 e. The Morgan fingerprint density at radius 1 is 0.917 bits per heavy atom. The molecule has 142 valence electrons. The zero-order chi connectivity index (χ0) is 18.3. The van der Waals surface area contributed by atoms with E-state index in [1.165, 1.54) is 66.3 Å². The van der Waals surface area contributed by atoms with Crippen LogP contribution in [0.3, 0.4) is 0 Å². The Bertz CT molecular complexity index is 323. The number of rotatable bonds is 16. The summed E-state index contributed by atoms with van der Waals surface area (Å²) < 4.78 is 21.8. The first-order chi connectivity index (χ1) is 11.6. The molecule has 0 N–H and O–H groups in total. The summed E-state index contributed by atoms with van der Waals surface area (Å²) in [6.07, 6.45) is 13.0. The highest BCUT2D eigenvalue weighted by Gasteiger charge is 2.49. The second-order valence-corrected chi connectivity index (χ2v) is 9.04. The third-order valence-electron chi connectivity index (χ3n) is 4.24. The van der Waals surface area contributed by atoms with E-state index in [-0.39, 0.29) is 0 Å². The second-order valence-electron chi connectivity index (χ2n) is 5.96. The molecule has 0 spiro atoms. The van der Waals surface area contributed by atoms with Crippen molar-refractivity contribution in [2.24, 2.45) is 0 Å². The van der Waals surface area contributed by atoms with E-state index in [9.17, 15) is 4.79 Å². The van der Waals surface area contributed by atoms with Crippen LogP contribution in [0, 0.1) is 0 Å². The maximum atomic E-state index is 11.6. The van der Waals surface area contributed by atoms with E-state index in [0.29, 0.717) is 6.42 Å². The number of esters is 1. The van der Waals surface area contributed by atoms with Crippen molar-refractivity contribution in [3.8, 4) is 0 Å². The third-order valence-corrected chi connectivity index (χ3v) is 7.15. The van der Waals surface area contributed by atoms with Crippen LogP contribution in [0.2, 0.25) is 0 Å². The lowest BCUT2D eigenvalue weighted by Crippen LogP contribution is -2.56. The molecule has 0 saturated carbocycles. The van der Waals surface area contributed by atoms with E-state index < -0.39 is 20.5 Å². The molecule has 0 rings (SSSR count). The quantitative estimate of drug-likeness (QED) is 0.176. The van der Waals surface area contributed by atoms with Crippen molar-refractivity contribution >= 4 is 14.8 Å². The van der Waals surface area contributed by atoms with Gasteiger partial charge in [0, 0.05) is 27.4 Å². The maximum Gasteiger partial charge on any atom is 0.543 e. The van der Waals surface area contributed by atoms with Crippen LogP contribution < -0.4 is 0 Å². The molecule has 0 saturated heterocycles. The summed E-state index contributed by atoms with van der Waals surface area (Å²) >= 11 is 0. The molecule has 0 aliphatic carbocycles. The number of hydrogen-bond acceptors (Lipinski definition) is 5. The van der Waals surface area contributed by atoms with Gasteiger partial charge in [-0.25, -0.2) is 4.79 Å². The lowest BCUT2D eigenvalue weighted by atomic mass is 10.1. The SMILES string of the molecule is C=CC(=O)OC(CCCCCCCCCCC)[Si](OC)(OC)OC. The molecule has 0 amide bonds. The third kappa shape index (κ3) is 8.96. The van der Waals surface area contributed by atoms with Gasteiger partial charge in [0.25, 0.3) is 0 Å². The van der Waals surface area contributed by atoms with Crippen LogP contribution in [0.15, 0.2) is 12.7 Å². The van der Waals surface area contributed by atoms with E-state index in [1.807, 2.05) is 0 Å². The minimum absolute atomic E-state index is 0.473. The fraction of sp³-hybridized carbons (Fsp3) is 0.833. The zero-order valence-corrected chi connectivity index (χ0v) is 17.0. The Labute approximate surface area is 149 Å². The molecular weight excluding hydrogens is 324 g/mol. The highest BCUT2D eigenvalue weighted by Crippen LogP contribution is 2.22. The van der Waals surface area contributed by atoms with E-state index in [4.69, 9.17) is 18.0 Å². The van der Waals surface area contributed by atoms with Gasteiger partial charge >= 0.3 is 14.8 Å². The number of ether oxygens (including phenoxy) is 1. The van der Waals surface area contributed by atoms with Crippen molar-refractivity contribution in [2.75, 3.05) is 21.3 Å². The summed E-state index contributed by atoms with van der Waals surface area (Å²) in [5.74, 6) is -0.473. The van der Waals surface area contributed by atoms with Gasteiger partial charge in [-0.05, 0) is 12.8 Å². The Morgan fingerprint density at radius 2 is 1.38 bits per heavy atom. The van der Waals surface area contributed by atoms with E-state index >= 15 is 0 Å². The summed E-state index contributed by atoms with van der Waals surface area (Å²) in [6.45, 7) is 5.68. The number of carbonyl (C=O) groups is 1. The van der Waals surface area contributed by atoms with Crippen LogP contribution in [-0.2, 0) is 22.8 Å². The number of unbranched alkanes of at least 4 members (excludes halogenated alkanes) is 8. The average molecular weight is 361 g/mol. The molecule has 0 aliphatic rings. The molecule has 24 heavy (non-hydrogen) atoms. The van der Waals surface area contributed by atoms with Gasteiger partial charge in [-0.3, -0.25) is 0 Å². The van der Waals surface area contributed by atoms with E-state index in [0.717, 1.165) is 18.9 Å².